The molecule has 0 saturated carbocycles. The van der Waals surface area contributed by atoms with Gasteiger partial charge in [-0.15, -0.1) is 0 Å². The van der Waals surface area contributed by atoms with Gasteiger partial charge in [0.1, 0.15) is 32.5 Å². The first-order valence-corrected chi connectivity index (χ1v) is 17.1. The first kappa shape index (κ1) is 38.4. The van der Waals surface area contributed by atoms with E-state index < -0.39 is 18.0 Å². The minimum absolute atomic E-state index is 0.0416. The van der Waals surface area contributed by atoms with Gasteiger partial charge in [-0.2, -0.15) is 0 Å². The van der Waals surface area contributed by atoms with Gasteiger partial charge in [0, 0.05) is 37.7 Å². The molecule has 2 atom stereocenters. The topological polar surface area (TPSA) is 146 Å². The number of rotatable bonds is 19. The summed E-state index contributed by atoms with van der Waals surface area (Å²) < 4.78 is 20.8. The fraction of sp³-hybridized carbons (Fsp3) is 0.324. The number of esters is 2. The quantitative estimate of drug-likeness (QED) is 0.0598. The Balaban J connectivity index is 1.77. The molecular formula is C37H43N2O9P. The Morgan fingerprint density at radius 3 is 2.12 bits per heavy atom. The second-order valence-electron chi connectivity index (χ2n) is 11.2. The largest absolute Gasteiger partial charge is 0.463 e. The van der Waals surface area contributed by atoms with Crippen LogP contribution in [0.1, 0.15) is 66.5 Å². The molecule has 0 aromatic heterocycles. The zero-order valence-electron chi connectivity index (χ0n) is 28.2. The van der Waals surface area contributed by atoms with Crippen LogP contribution in [0.25, 0.3) is 6.08 Å². The lowest BCUT2D eigenvalue weighted by Gasteiger charge is -2.18. The van der Waals surface area contributed by atoms with Crippen LogP contribution in [0.3, 0.4) is 0 Å². The number of benzene rings is 3. The lowest BCUT2D eigenvalue weighted by molar-refractivity contribution is -0.142. The summed E-state index contributed by atoms with van der Waals surface area (Å²) in [5.41, 5.74) is 6.83. The fourth-order valence-corrected chi connectivity index (χ4v) is 5.69. The van der Waals surface area contributed by atoms with E-state index in [2.05, 4.69) is 54.0 Å². The molecular weight excluding hydrogens is 647 g/mol. The van der Waals surface area contributed by atoms with Gasteiger partial charge in [-0.3, -0.25) is 24.5 Å². The highest BCUT2D eigenvalue weighted by molar-refractivity contribution is 7.54. The molecule has 0 fully saturated rings. The number of carbonyl (C=O) groups excluding carboxylic acids is 5. The smallest absolute Gasteiger partial charge is 0.411 e. The maximum atomic E-state index is 13.1. The standard InChI is InChI=1S/C37H43N2O9P/c1-5-31(15-28-8-12-35(38-4)13-9-28)32-10-6-27(7-11-32)14-30(18-45-23-40)20-48-37(44)39-36-33(21-47-26(3)43)16-29(19-46-25(2)42)17-34(36)22-49-24-41/h6-14,16-17,23-24,31,38,49H,5,15,18-22H2,1-4H3,(H,39,44)/b30-14+. The van der Waals surface area contributed by atoms with Crippen LogP contribution in [0.15, 0.2) is 66.2 Å². The van der Waals surface area contributed by atoms with E-state index in [1.54, 1.807) is 18.2 Å². The maximum Gasteiger partial charge on any atom is 0.411 e. The predicted octanol–water partition coefficient (Wildman–Crippen LogP) is 6.76. The van der Waals surface area contributed by atoms with E-state index in [0.717, 1.165) is 30.1 Å². The molecule has 0 spiro atoms. The van der Waals surface area contributed by atoms with E-state index in [9.17, 15) is 24.0 Å². The second-order valence-corrected chi connectivity index (χ2v) is 12.2. The lowest BCUT2D eigenvalue weighted by Crippen LogP contribution is -2.19. The number of ether oxygens (including phenoxy) is 4. The molecule has 0 aliphatic carbocycles. The summed E-state index contributed by atoms with van der Waals surface area (Å²) in [4.78, 5) is 58.3. The third kappa shape index (κ3) is 13.2. The van der Waals surface area contributed by atoms with Crippen molar-refractivity contribution in [1.29, 1.82) is 0 Å². The number of amides is 1. The van der Waals surface area contributed by atoms with Crippen LogP contribution in [0.2, 0.25) is 0 Å². The molecule has 2 unspecified atom stereocenters. The van der Waals surface area contributed by atoms with Crippen molar-refractivity contribution in [3.05, 3.63) is 99.6 Å². The van der Waals surface area contributed by atoms with Gasteiger partial charge >= 0.3 is 18.0 Å². The summed E-state index contributed by atoms with van der Waals surface area (Å²) in [7, 11) is 1.79. The first-order valence-electron chi connectivity index (χ1n) is 15.8. The van der Waals surface area contributed by atoms with Crippen LogP contribution in [0.5, 0.6) is 0 Å². The summed E-state index contributed by atoms with van der Waals surface area (Å²) in [6.07, 6.45) is 3.15. The second kappa shape index (κ2) is 20.4. The molecule has 3 rings (SSSR count). The molecule has 2 N–H and O–H groups in total. The molecule has 0 aliphatic rings. The van der Waals surface area contributed by atoms with Crippen molar-refractivity contribution < 1.29 is 42.9 Å². The summed E-state index contributed by atoms with van der Waals surface area (Å²) in [6, 6.07) is 20.6. The minimum atomic E-state index is -0.812. The van der Waals surface area contributed by atoms with E-state index in [0.29, 0.717) is 40.3 Å². The third-order valence-corrected chi connectivity index (χ3v) is 8.31. The van der Waals surface area contributed by atoms with Gasteiger partial charge in [0.15, 0.2) is 0 Å². The lowest BCUT2D eigenvalue weighted by atomic mass is 9.89. The number of hydrogen-bond donors (Lipinski definition) is 2. The predicted molar refractivity (Wildman–Crippen MR) is 190 cm³/mol. The average molecular weight is 691 g/mol. The van der Waals surface area contributed by atoms with Crippen LogP contribution in [0, 0.1) is 0 Å². The molecule has 1 amide bonds. The van der Waals surface area contributed by atoms with Crippen LogP contribution < -0.4 is 10.6 Å². The Kier molecular flexibility index (Phi) is 16.0. The first-order chi connectivity index (χ1) is 23.6. The third-order valence-electron chi connectivity index (χ3n) is 7.56. The molecule has 0 aliphatic heterocycles. The molecule has 0 saturated heterocycles. The van der Waals surface area contributed by atoms with Gasteiger partial charge in [0.25, 0.3) is 6.47 Å². The molecule has 11 nitrogen and oxygen atoms in total. The molecule has 260 valence electrons. The minimum Gasteiger partial charge on any atom is -0.463 e. The van der Waals surface area contributed by atoms with Gasteiger partial charge in [-0.05, 0) is 91.7 Å². The zero-order chi connectivity index (χ0) is 35.6. The number of hydrogen-bond acceptors (Lipinski definition) is 10. The fourth-order valence-electron chi connectivity index (χ4n) is 5.11. The summed E-state index contributed by atoms with van der Waals surface area (Å²) >= 11 is 0. The molecule has 0 heterocycles. The van der Waals surface area contributed by atoms with Gasteiger partial charge in [0.05, 0.1) is 5.69 Å². The van der Waals surface area contributed by atoms with E-state index in [1.807, 2.05) is 19.2 Å². The highest BCUT2D eigenvalue weighted by atomic mass is 31.1. The van der Waals surface area contributed by atoms with Crippen molar-refractivity contribution in [3.8, 4) is 0 Å². The Hall–Kier alpha value is -5.02. The highest BCUT2D eigenvalue weighted by Crippen LogP contribution is 2.30. The molecule has 3 aromatic carbocycles. The summed E-state index contributed by atoms with van der Waals surface area (Å²) in [5, 5.41) is 5.86. The summed E-state index contributed by atoms with van der Waals surface area (Å²) in [6.45, 7) is 4.54. The van der Waals surface area contributed by atoms with E-state index in [1.165, 1.54) is 25.0 Å². The van der Waals surface area contributed by atoms with Crippen LogP contribution in [0.4, 0.5) is 16.2 Å². The van der Waals surface area contributed by atoms with Gasteiger partial charge in [0.2, 0.25) is 0 Å². The molecule has 3 aromatic rings. The number of carbonyl (C=O) groups is 5. The van der Waals surface area contributed by atoms with Crippen LogP contribution in [-0.2, 0) is 63.9 Å². The number of anilines is 2. The van der Waals surface area contributed by atoms with E-state index >= 15 is 0 Å². The number of nitrogens with one attached hydrogen (secondary N) is 2. The van der Waals surface area contributed by atoms with E-state index in [-0.39, 0.29) is 41.2 Å². The van der Waals surface area contributed by atoms with Crippen LogP contribution in [-0.4, -0.2) is 50.8 Å². The SMILES string of the molecule is CCC(Cc1ccc(NC)cc1)c1ccc(/C=C(\COC=O)COC(=O)Nc2c(COC(C)=O)cc(COC(C)=O)cc2CPC=O)cc1. The Morgan fingerprint density at radius 1 is 0.837 bits per heavy atom. The average Bonchev–Trinajstić information content (AvgIpc) is 3.10. The molecule has 0 bridgehead atoms. The van der Waals surface area contributed by atoms with Crippen LogP contribution >= 0.6 is 8.58 Å². The van der Waals surface area contributed by atoms with Gasteiger partial charge in [-0.25, -0.2) is 4.79 Å². The van der Waals surface area contributed by atoms with E-state index in [4.69, 9.17) is 18.9 Å². The Labute approximate surface area is 288 Å². The zero-order valence-corrected chi connectivity index (χ0v) is 29.2. The molecule has 0 radical (unpaired) electrons. The van der Waals surface area contributed by atoms with Crippen molar-refractivity contribution in [2.45, 2.75) is 58.9 Å². The molecule has 12 heteroatoms. The van der Waals surface area contributed by atoms with Gasteiger partial charge in [-0.1, -0.05) is 43.3 Å². The Morgan fingerprint density at radius 2 is 1.51 bits per heavy atom. The summed E-state index contributed by atoms with van der Waals surface area (Å²) in [5.74, 6) is -0.668. The van der Waals surface area contributed by atoms with Crippen molar-refractivity contribution in [1.82, 2.24) is 0 Å². The van der Waals surface area contributed by atoms with Crippen molar-refractivity contribution in [2.75, 3.05) is 30.9 Å². The Bertz CT molecular complexity index is 1610. The monoisotopic (exact) mass is 690 g/mol. The van der Waals surface area contributed by atoms with Gasteiger partial charge < -0.3 is 24.3 Å². The van der Waals surface area contributed by atoms with Crippen molar-refractivity contribution in [2.24, 2.45) is 0 Å². The van der Waals surface area contributed by atoms with Crippen molar-refractivity contribution in [3.63, 3.8) is 0 Å². The normalized spacial score (nSPS) is 11.8. The molecule has 49 heavy (non-hydrogen) atoms. The van der Waals surface area contributed by atoms with Crippen molar-refractivity contribution >= 4 is 56.6 Å². The highest BCUT2D eigenvalue weighted by Gasteiger charge is 2.17. The maximum absolute atomic E-state index is 13.1.